The predicted molar refractivity (Wildman–Crippen MR) is 120 cm³/mol. The largest absolute Gasteiger partial charge is 0.493 e. The number of nitrogens with zero attached hydrogens (tertiary/aromatic N) is 2. The molecule has 0 amide bonds. The number of hydrogen-bond donors (Lipinski definition) is 1. The molecule has 2 rings (SSSR count). The van der Waals surface area contributed by atoms with Crippen molar-refractivity contribution in [2.24, 2.45) is 10.3 Å². The summed E-state index contributed by atoms with van der Waals surface area (Å²) >= 11 is 0. The van der Waals surface area contributed by atoms with E-state index in [0.29, 0.717) is 43.2 Å². The van der Waals surface area contributed by atoms with E-state index in [0.717, 1.165) is 16.9 Å². The van der Waals surface area contributed by atoms with Gasteiger partial charge in [-0.3, -0.25) is 4.28 Å². The molecule has 0 fully saturated rings. The second-order valence-electron chi connectivity index (χ2n) is 6.80. The Kier molecular flexibility index (Phi) is 9.33. The molecule has 31 heavy (non-hydrogen) atoms. The number of ether oxygens (including phenoxy) is 2. The van der Waals surface area contributed by atoms with Crippen molar-refractivity contribution in [1.82, 2.24) is 0 Å². The molecule has 0 saturated carbocycles. The minimum absolute atomic E-state index is 0.0657. The highest BCUT2D eigenvalue weighted by molar-refractivity contribution is 7.86. The molecule has 0 bridgehead atoms. The molecule has 2 aromatic carbocycles. The molecule has 0 radical (unpaired) electrons. The topological polar surface area (TPSA) is 107 Å². The Morgan fingerprint density at radius 2 is 1.35 bits per heavy atom. The van der Waals surface area contributed by atoms with Crippen LogP contribution in [0.15, 0.2) is 58.8 Å². The van der Waals surface area contributed by atoms with Crippen LogP contribution in [-0.2, 0) is 14.4 Å². The van der Waals surface area contributed by atoms with E-state index in [1.54, 1.807) is 45.0 Å². The van der Waals surface area contributed by atoms with Crippen molar-refractivity contribution < 1.29 is 27.4 Å². The Labute approximate surface area is 183 Å². The van der Waals surface area contributed by atoms with Crippen molar-refractivity contribution >= 4 is 21.5 Å². The van der Waals surface area contributed by atoms with E-state index in [9.17, 15) is 8.42 Å². The van der Waals surface area contributed by atoms with Crippen molar-refractivity contribution in [1.29, 1.82) is 0 Å². The molecule has 0 saturated heterocycles. The third kappa shape index (κ3) is 8.29. The van der Waals surface area contributed by atoms with E-state index in [4.69, 9.17) is 14.7 Å². The number of rotatable bonds is 12. The minimum Gasteiger partial charge on any atom is -0.493 e. The summed E-state index contributed by atoms with van der Waals surface area (Å²) in [6.45, 7) is 6.15. The average molecular weight is 449 g/mol. The maximum atomic E-state index is 11.6. The van der Waals surface area contributed by atoms with Gasteiger partial charge in [0.25, 0.3) is 0 Å². The molecule has 0 aliphatic rings. The van der Waals surface area contributed by atoms with Gasteiger partial charge >= 0.3 is 10.1 Å². The molecular weight excluding hydrogens is 420 g/mol. The quantitative estimate of drug-likeness (QED) is 0.226. The molecule has 0 atom stereocenters. The first kappa shape index (κ1) is 24.2. The summed E-state index contributed by atoms with van der Waals surface area (Å²) in [7, 11) is -3.63. The smallest absolute Gasteiger partial charge is 0.328 e. The van der Waals surface area contributed by atoms with Gasteiger partial charge in [-0.2, -0.15) is 8.42 Å². The van der Waals surface area contributed by atoms with Crippen LogP contribution in [0.1, 0.15) is 44.7 Å². The van der Waals surface area contributed by atoms with Gasteiger partial charge in [0, 0.05) is 6.42 Å². The van der Waals surface area contributed by atoms with Gasteiger partial charge in [-0.05, 0) is 79.9 Å². The highest BCUT2D eigenvalue weighted by Gasteiger charge is 2.10. The van der Waals surface area contributed by atoms with Crippen LogP contribution in [0.2, 0.25) is 0 Å². The maximum Gasteiger partial charge on any atom is 0.328 e. The average Bonchev–Trinajstić information content (AvgIpc) is 2.77. The summed E-state index contributed by atoms with van der Waals surface area (Å²) in [4.78, 5) is 0. The van der Waals surface area contributed by atoms with Crippen molar-refractivity contribution in [2.45, 2.75) is 33.6 Å². The van der Waals surface area contributed by atoms with E-state index in [2.05, 4.69) is 14.6 Å². The Morgan fingerprint density at radius 1 is 0.871 bits per heavy atom. The first-order valence-corrected chi connectivity index (χ1v) is 11.5. The first-order valence-electron chi connectivity index (χ1n) is 9.95. The van der Waals surface area contributed by atoms with Crippen LogP contribution >= 0.6 is 0 Å². The lowest BCUT2D eigenvalue weighted by Crippen LogP contribution is -2.08. The number of oxime groups is 2. The summed E-state index contributed by atoms with van der Waals surface area (Å²) < 4.78 is 39.2. The van der Waals surface area contributed by atoms with Crippen molar-refractivity contribution in [3.8, 4) is 11.5 Å². The minimum atomic E-state index is -3.63. The first-order chi connectivity index (χ1) is 14.8. The van der Waals surface area contributed by atoms with Crippen molar-refractivity contribution in [3.05, 3.63) is 59.7 Å². The third-order valence-corrected chi connectivity index (χ3v) is 5.47. The molecule has 9 heteroatoms. The highest BCUT2D eigenvalue weighted by Crippen LogP contribution is 2.15. The predicted octanol–water partition coefficient (Wildman–Crippen LogP) is 4.21. The zero-order chi connectivity index (χ0) is 22.7. The fraction of sp³-hybridized carbons (Fsp3) is 0.364. The Balaban J connectivity index is 1.74. The fourth-order valence-electron chi connectivity index (χ4n) is 2.53. The zero-order valence-electron chi connectivity index (χ0n) is 17.9. The molecule has 1 N–H and O–H groups in total. The monoisotopic (exact) mass is 448 g/mol. The van der Waals surface area contributed by atoms with Crippen LogP contribution in [0.4, 0.5) is 0 Å². The lowest BCUT2D eigenvalue weighted by molar-refractivity contribution is 0.247. The molecule has 8 nitrogen and oxygen atoms in total. The Morgan fingerprint density at radius 3 is 1.81 bits per heavy atom. The van der Waals surface area contributed by atoms with Crippen LogP contribution in [0.3, 0.4) is 0 Å². The Bertz CT molecular complexity index is 984. The van der Waals surface area contributed by atoms with Gasteiger partial charge in [-0.1, -0.05) is 17.2 Å². The molecule has 0 aromatic heterocycles. The van der Waals surface area contributed by atoms with E-state index < -0.39 is 10.1 Å². The molecule has 0 aliphatic carbocycles. The summed E-state index contributed by atoms with van der Waals surface area (Å²) in [5.41, 5.74) is 2.58. The van der Waals surface area contributed by atoms with Gasteiger partial charge in [0.2, 0.25) is 0 Å². The molecule has 168 valence electrons. The van der Waals surface area contributed by atoms with E-state index in [-0.39, 0.29) is 5.75 Å². The summed E-state index contributed by atoms with van der Waals surface area (Å²) in [6, 6.07) is 14.5. The highest BCUT2D eigenvalue weighted by atomic mass is 32.2. The second kappa shape index (κ2) is 11.9. The maximum absolute atomic E-state index is 11.6. The zero-order valence-corrected chi connectivity index (χ0v) is 18.8. The molecule has 0 aliphatic heterocycles. The molecule has 0 heterocycles. The van der Waals surface area contributed by atoms with Gasteiger partial charge in [0.1, 0.15) is 11.5 Å². The van der Waals surface area contributed by atoms with E-state index in [1.165, 1.54) is 0 Å². The van der Waals surface area contributed by atoms with Crippen LogP contribution in [-0.4, -0.2) is 44.0 Å². The molecule has 0 spiro atoms. The van der Waals surface area contributed by atoms with Crippen molar-refractivity contribution in [3.63, 3.8) is 0 Å². The van der Waals surface area contributed by atoms with Crippen LogP contribution in [0, 0.1) is 0 Å². The summed E-state index contributed by atoms with van der Waals surface area (Å²) in [5.74, 6) is 1.36. The summed E-state index contributed by atoms with van der Waals surface area (Å²) in [5, 5.41) is 15.6. The van der Waals surface area contributed by atoms with Crippen LogP contribution < -0.4 is 9.47 Å². The lowest BCUT2D eigenvalue weighted by Gasteiger charge is -2.09. The molecule has 0 unspecified atom stereocenters. The van der Waals surface area contributed by atoms with Crippen LogP contribution in [0.5, 0.6) is 11.5 Å². The lowest BCUT2D eigenvalue weighted by atomic mass is 10.1. The van der Waals surface area contributed by atoms with Gasteiger partial charge < -0.3 is 14.7 Å². The van der Waals surface area contributed by atoms with Gasteiger partial charge in [0.05, 0.1) is 30.4 Å². The summed E-state index contributed by atoms with van der Waals surface area (Å²) in [6.07, 6.45) is 1.17. The fourth-order valence-corrected chi connectivity index (χ4v) is 3.33. The number of hydrogen-bond acceptors (Lipinski definition) is 8. The van der Waals surface area contributed by atoms with Gasteiger partial charge in [-0.15, -0.1) is 0 Å². The van der Waals surface area contributed by atoms with E-state index in [1.807, 2.05) is 24.3 Å². The standard InChI is InChI=1S/C22H28N2O6S/c1-4-16-31(26,27)30-24-18(3)20-8-12-22(13-9-20)29-15-5-14-28-21-10-6-19(7-11-21)17(2)23-25/h6-13,25H,4-5,14-16H2,1-3H3/b23-17+,24-18+. The molecule has 2 aromatic rings. The number of benzene rings is 2. The van der Waals surface area contributed by atoms with E-state index >= 15 is 0 Å². The second-order valence-corrected chi connectivity index (χ2v) is 8.47. The SMILES string of the molecule is CCCS(=O)(=O)O/N=C(\C)c1ccc(OCCCOc2ccc(/C(C)=N/O)cc2)cc1. The third-order valence-electron chi connectivity index (χ3n) is 4.26. The van der Waals surface area contributed by atoms with Gasteiger partial charge in [-0.25, -0.2) is 0 Å². The van der Waals surface area contributed by atoms with Crippen LogP contribution in [0.25, 0.3) is 0 Å². The normalized spacial score (nSPS) is 12.5. The Hall–Kier alpha value is -3.07. The molecular formula is C22H28N2O6S. The van der Waals surface area contributed by atoms with Gasteiger partial charge in [0.15, 0.2) is 0 Å². The van der Waals surface area contributed by atoms with Crippen molar-refractivity contribution in [2.75, 3.05) is 19.0 Å².